The molecule has 5 nitrogen and oxygen atoms in total. The summed E-state index contributed by atoms with van der Waals surface area (Å²) in [6, 6.07) is 1.90. The second kappa shape index (κ2) is 5.63. The molecule has 0 bridgehead atoms. The number of hydrogen-bond acceptors (Lipinski definition) is 5. The summed E-state index contributed by atoms with van der Waals surface area (Å²) in [5.41, 5.74) is 7.35. The summed E-state index contributed by atoms with van der Waals surface area (Å²) >= 11 is 0. The number of likely N-dealkylation sites (N-methyl/N-ethyl adjacent to an activating group) is 1. The van der Waals surface area contributed by atoms with Crippen LogP contribution in [0.1, 0.15) is 11.4 Å². The third-order valence-corrected chi connectivity index (χ3v) is 1.96. The molecule has 0 aliphatic rings. The molecule has 0 aromatic carbocycles. The fraction of sp³-hybridized carbons (Fsp3) is 0.600. The number of nitrogens with zero attached hydrogens (tertiary/aromatic N) is 3. The van der Waals surface area contributed by atoms with Gasteiger partial charge in [-0.1, -0.05) is 0 Å². The van der Waals surface area contributed by atoms with E-state index < -0.39 is 0 Å². The molecule has 0 unspecified atom stereocenters. The number of hydrogen-bond donors (Lipinski definition) is 2. The lowest BCUT2D eigenvalue weighted by molar-refractivity contribution is 0.425. The number of rotatable bonds is 5. The first-order valence-corrected chi connectivity index (χ1v) is 5.05. The van der Waals surface area contributed by atoms with Crippen LogP contribution in [0.5, 0.6) is 0 Å². The molecule has 1 rings (SSSR count). The maximum atomic E-state index is 5.54. The highest BCUT2D eigenvalue weighted by Crippen LogP contribution is 2.03. The van der Waals surface area contributed by atoms with Crippen LogP contribution in [0.2, 0.25) is 0 Å². The SMILES string of the molecule is Cc1cc(CN)nc(NCCN(C)C)n1. The molecule has 0 radical (unpaired) electrons. The standard InChI is InChI=1S/C10H19N5/c1-8-6-9(7-11)14-10(13-8)12-4-5-15(2)3/h6H,4-5,7,11H2,1-3H3,(H,12,13,14). The average molecular weight is 209 g/mol. The first kappa shape index (κ1) is 11.9. The quantitative estimate of drug-likeness (QED) is 0.726. The Morgan fingerprint density at radius 2 is 2.13 bits per heavy atom. The van der Waals surface area contributed by atoms with E-state index in [1.54, 1.807) is 0 Å². The van der Waals surface area contributed by atoms with Gasteiger partial charge in [-0.3, -0.25) is 0 Å². The molecule has 5 heteroatoms. The molecule has 0 saturated carbocycles. The van der Waals surface area contributed by atoms with Crippen LogP contribution < -0.4 is 11.1 Å². The second-order valence-corrected chi connectivity index (χ2v) is 3.76. The van der Waals surface area contributed by atoms with Crippen molar-refractivity contribution in [3.8, 4) is 0 Å². The fourth-order valence-electron chi connectivity index (χ4n) is 1.21. The number of nitrogens with one attached hydrogen (secondary N) is 1. The predicted octanol–water partition coefficient (Wildman–Crippen LogP) is 0.217. The summed E-state index contributed by atoms with van der Waals surface area (Å²) in [5.74, 6) is 0.664. The van der Waals surface area contributed by atoms with Gasteiger partial charge in [-0.05, 0) is 27.1 Å². The van der Waals surface area contributed by atoms with E-state index in [0.717, 1.165) is 24.5 Å². The Morgan fingerprint density at radius 3 is 2.73 bits per heavy atom. The molecule has 0 spiro atoms. The molecule has 0 aliphatic heterocycles. The summed E-state index contributed by atoms with van der Waals surface area (Å²) < 4.78 is 0. The van der Waals surface area contributed by atoms with Crippen molar-refractivity contribution in [2.45, 2.75) is 13.5 Å². The van der Waals surface area contributed by atoms with Crippen LogP contribution >= 0.6 is 0 Å². The topological polar surface area (TPSA) is 67.1 Å². The van der Waals surface area contributed by atoms with Crippen LogP contribution in [-0.4, -0.2) is 42.1 Å². The van der Waals surface area contributed by atoms with Gasteiger partial charge in [0.05, 0.1) is 5.69 Å². The largest absolute Gasteiger partial charge is 0.353 e. The number of nitrogens with two attached hydrogens (primary N) is 1. The minimum atomic E-state index is 0.450. The van der Waals surface area contributed by atoms with Crippen molar-refractivity contribution in [2.75, 3.05) is 32.5 Å². The van der Waals surface area contributed by atoms with Crippen molar-refractivity contribution in [1.82, 2.24) is 14.9 Å². The van der Waals surface area contributed by atoms with Crippen molar-refractivity contribution in [3.63, 3.8) is 0 Å². The van der Waals surface area contributed by atoms with Crippen LogP contribution in [0.15, 0.2) is 6.07 Å². The van der Waals surface area contributed by atoms with Crippen LogP contribution in [0.4, 0.5) is 5.95 Å². The first-order chi connectivity index (χ1) is 7.11. The Morgan fingerprint density at radius 1 is 1.40 bits per heavy atom. The maximum absolute atomic E-state index is 5.54. The minimum absolute atomic E-state index is 0.450. The molecule has 15 heavy (non-hydrogen) atoms. The van der Waals surface area contributed by atoms with Gasteiger partial charge in [0.2, 0.25) is 5.95 Å². The van der Waals surface area contributed by atoms with Crippen molar-refractivity contribution in [3.05, 3.63) is 17.5 Å². The Labute approximate surface area is 90.7 Å². The van der Waals surface area contributed by atoms with Gasteiger partial charge in [-0.2, -0.15) is 0 Å². The van der Waals surface area contributed by atoms with Crippen molar-refractivity contribution < 1.29 is 0 Å². The summed E-state index contributed by atoms with van der Waals surface area (Å²) in [5, 5.41) is 3.17. The normalized spacial score (nSPS) is 10.7. The van der Waals surface area contributed by atoms with E-state index in [1.165, 1.54) is 0 Å². The van der Waals surface area contributed by atoms with Crippen molar-refractivity contribution >= 4 is 5.95 Å². The number of aryl methyl sites for hydroxylation is 1. The molecule has 1 heterocycles. The zero-order valence-corrected chi connectivity index (χ0v) is 9.62. The molecular weight excluding hydrogens is 190 g/mol. The summed E-state index contributed by atoms with van der Waals surface area (Å²) in [6.45, 7) is 4.18. The number of aromatic nitrogens is 2. The third kappa shape index (κ3) is 4.22. The highest BCUT2D eigenvalue weighted by atomic mass is 15.1. The lowest BCUT2D eigenvalue weighted by Gasteiger charge is -2.11. The van der Waals surface area contributed by atoms with Gasteiger partial charge in [-0.15, -0.1) is 0 Å². The zero-order chi connectivity index (χ0) is 11.3. The van der Waals surface area contributed by atoms with Crippen molar-refractivity contribution in [1.29, 1.82) is 0 Å². The molecule has 3 N–H and O–H groups in total. The smallest absolute Gasteiger partial charge is 0.223 e. The van der Waals surface area contributed by atoms with E-state index >= 15 is 0 Å². The van der Waals surface area contributed by atoms with E-state index in [-0.39, 0.29) is 0 Å². The Kier molecular flexibility index (Phi) is 4.45. The molecule has 0 saturated heterocycles. The van der Waals surface area contributed by atoms with E-state index in [0.29, 0.717) is 12.5 Å². The van der Waals surface area contributed by atoms with Gasteiger partial charge in [0.1, 0.15) is 0 Å². The van der Waals surface area contributed by atoms with Gasteiger partial charge in [-0.25, -0.2) is 9.97 Å². The first-order valence-electron chi connectivity index (χ1n) is 5.05. The Hall–Kier alpha value is -1.20. The lowest BCUT2D eigenvalue weighted by atomic mass is 10.3. The maximum Gasteiger partial charge on any atom is 0.223 e. The molecule has 1 aromatic rings. The zero-order valence-electron chi connectivity index (χ0n) is 9.62. The fourth-order valence-corrected chi connectivity index (χ4v) is 1.21. The summed E-state index contributed by atoms with van der Waals surface area (Å²) in [6.07, 6.45) is 0. The molecule has 0 amide bonds. The molecule has 1 aromatic heterocycles. The highest BCUT2D eigenvalue weighted by molar-refractivity contribution is 5.27. The third-order valence-electron chi connectivity index (χ3n) is 1.96. The Balaban J connectivity index is 2.56. The van der Waals surface area contributed by atoms with Gasteiger partial charge >= 0.3 is 0 Å². The molecule has 0 aliphatic carbocycles. The van der Waals surface area contributed by atoms with Crippen LogP contribution in [0, 0.1) is 6.92 Å². The van der Waals surface area contributed by atoms with Gasteiger partial charge in [0.25, 0.3) is 0 Å². The van der Waals surface area contributed by atoms with Crippen LogP contribution in [0.25, 0.3) is 0 Å². The van der Waals surface area contributed by atoms with E-state index in [4.69, 9.17) is 5.73 Å². The summed E-state index contributed by atoms with van der Waals surface area (Å²) in [4.78, 5) is 10.7. The van der Waals surface area contributed by atoms with Gasteiger partial charge in [0, 0.05) is 25.3 Å². The summed E-state index contributed by atoms with van der Waals surface area (Å²) in [7, 11) is 4.06. The monoisotopic (exact) mass is 209 g/mol. The van der Waals surface area contributed by atoms with Crippen LogP contribution in [-0.2, 0) is 6.54 Å². The van der Waals surface area contributed by atoms with Crippen LogP contribution in [0.3, 0.4) is 0 Å². The van der Waals surface area contributed by atoms with Gasteiger partial charge < -0.3 is 16.0 Å². The van der Waals surface area contributed by atoms with E-state index in [1.807, 2.05) is 27.1 Å². The molecular formula is C10H19N5. The average Bonchev–Trinajstić information content (AvgIpc) is 2.16. The van der Waals surface area contributed by atoms with Gasteiger partial charge in [0.15, 0.2) is 0 Å². The Bertz CT molecular complexity index is 311. The minimum Gasteiger partial charge on any atom is -0.353 e. The second-order valence-electron chi connectivity index (χ2n) is 3.76. The van der Waals surface area contributed by atoms with E-state index in [2.05, 4.69) is 20.2 Å². The van der Waals surface area contributed by atoms with E-state index in [9.17, 15) is 0 Å². The molecule has 0 atom stereocenters. The number of anilines is 1. The molecule has 0 fully saturated rings. The highest BCUT2D eigenvalue weighted by Gasteiger charge is 2.00. The lowest BCUT2D eigenvalue weighted by Crippen LogP contribution is -2.22. The molecule has 84 valence electrons. The van der Waals surface area contributed by atoms with Crippen molar-refractivity contribution in [2.24, 2.45) is 5.73 Å². The predicted molar refractivity (Wildman–Crippen MR) is 61.7 cm³/mol.